The summed E-state index contributed by atoms with van der Waals surface area (Å²) in [6, 6.07) is 3.96. The number of aryl methyl sites for hydroxylation is 2. The zero-order chi connectivity index (χ0) is 22.2. The first kappa shape index (κ1) is 22.5. The number of rotatable bonds is 5. The van der Waals surface area contributed by atoms with Crippen LogP contribution in [0.15, 0.2) is 23.2 Å². The molecule has 1 saturated heterocycles. The molecule has 2 aromatic rings. The average molecular weight is 433 g/mol. The molecule has 1 aromatic carbocycles. The predicted molar refractivity (Wildman–Crippen MR) is 118 cm³/mol. The number of amides is 1. The number of benzene rings is 1. The van der Waals surface area contributed by atoms with Gasteiger partial charge in [0.2, 0.25) is 15.9 Å². The first-order chi connectivity index (χ1) is 14.0. The third-order valence-electron chi connectivity index (χ3n) is 6.13. The Hall–Kier alpha value is -2.19. The minimum Gasteiger partial charge on any atom is -0.311 e. The summed E-state index contributed by atoms with van der Waals surface area (Å²) in [7, 11) is -3.60. The number of sulfonamides is 1. The number of carbonyl (C=O) groups is 1. The lowest BCUT2D eigenvalue weighted by Crippen LogP contribution is -2.42. The lowest BCUT2D eigenvalue weighted by atomic mass is 9.97. The van der Waals surface area contributed by atoms with E-state index in [4.69, 9.17) is 0 Å². The van der Waals surface area contributed by atoms with E-state index in [1.54, 1.807) is 16.9 Å². The number of hydrogen-bond acceptors (Lipinski definition) is 4. The maximum atomic E-state index is 13.4. The van der Waals surface area contributed by atoms with Crippen molar-refractivity contribution < 1.29 is 13.2 Å². The van der Waals surface area contributed by atoms with Gasteiger partial charge in [0, 0.05) is 31.1 Å². The fourth-order valence-corrected chi connectivity index (χ4v) is 6.15. The van der Waals surface area contributed by atoms with Crippen molar-refractivity contribution >= 4 is 21.7 Å². The van der Waals surface area contributed by atoms with Crippen molar-refractivity contribution in [3.05, 3.63) is 40.6 Å². The summed E-state index contributed by atoms with van der Waals surface area (Å²) >= 11 is 0. The molecule has 1 N–H and O–H groups in total. The Balaban J connectivity index is 1.72. The summed E-state index contributed by atoms with van der Waals surface area (Å²) < 4.78 is 30.1. The van der Waals surface area contributed by atoms with E-state index in [9.17, 15) is 13.2 Å². The molecular weight excluding hydrogens is 400 g/mol. The molecule has 2 heterocycles. The fourth-order valence-electron chi connectivity index (χ4n) is 4.11. The summed E-state index contributed by atoms with van der Waals surface area (Å²) in [4.78, 5) is 13.2. The number of anilines is 1. The van der Waals surface area contributed by atoms with Gasteiger partial charge in [0.1, 0.15) is 5.82 Å². The van der Waals surface area contributed by atoms with Gasteiger partial charge in [-0.2, -0.15) is 9.40 Å². The molecule has 7 nitrogen and oxygen atoms in total. The van der Waals surface area contributed by atoms with Gasteiger partial charge in [-0.15, -0.1) is 0 Å². The molecule has 0 atom stereocenters. The van der Waals surface area contributed by atoms with Crippen LogP contribution in [0.25, 0.3) is 0 Å². The number of carbonyl (C=O) groups excluding carboxylic acids is 1. The number of aromatic nitrogens is 2. The normalized spacial score (nSPS) is 16.2. The maximum Gasteiger partial charge on any atom is 0.243 e. The molecule has 1 fully saturated rings. The first-order valence-corrected chi connectivity index (χ1v) is 11.9. The summed E-state index contributed by atoms with van der Waals surface area (Å²) in [5.41, 5.74) is 3.57. The van der Waals surface area contributed by atoms with Crippen molar-refractivity contribution in [1.82, 2.24) is 14.1 Å². The molecule has 0 unspecified atom stereocenters. The van der Waals surface area contributed by atoms with E-state index in [2.05, 4.69) is 10.4 Å². The van der Waals surface area contributed by atoms with E-state index in [-0.39, 0.29) is 17.9 Å². The van der Waals surface area contributed by atoms with Crippen LogP contribution in [-0.2, 0) is 14.8 Å². The van der Waals surface area contributed by atoms with E-state index < -0.39 is 10.0 Å². The van der Waals surface area contributed by atoms with Crippen molar-refractivity contribution in [2.75, 3.05) is 18.4 Å². The van der Waals surface area contributed by atoms with Gasteiger partial charge in [-0.25, -0.2) is 13.1 Å². The van der Waals surface area contributed by atoms with Crippen molar-refractivity contribution in [3.63, 3.8) is 0 Å². The maximum absolute atomic E-state index is 13.4. The molecule has 0 aliphatic carbocycles. The monoisotopic (exact) mass is 432 g/mol. The molecule has 0 radical (unpaired) electrons. The Labute approximate surface area is 179 Å². The molecule has 1 aliphatic heterocycles. The zero-order valence-corrected chi connectivity index (χ0v) is 19.5. The Bertz CT molecular complexity index is 1020. The van der Waals surface area contributed by atoms with Gasteiger partial charge in [-0.1, -0.05) is 6.07 Å². The Morgan fingerprint density at radius 2 is 1.67 bits per heavy atom. The SMILES string of the molecule is Cc1cc(C)c(C)c(S(=O)(=O)N2CCC(C(=O)Nc3ccnn3C(C)C)CC2)c1C. The fraction of sp³-hybridized carbons (Fsp3) is 0.545. The van der Waals surface area contributed by atoms with Crippen LogP contribution in [0.1, 0.15) is 55.0 Å². The van der Waals surface area contributed by atoms with Crippen molar-refractivity contribution in [3.8, 4) is 0 Å². The first-order valence-electron chi connectivity index (χ1n) is 10.5. The lowest BCUT2D eigenvalue weighted by Gasteiger charge is -2.32. The van der Waals surface area contributed by atoms with Gasteiger partial charge in [-0.05, 0) is 76.6 Å². The van der Waals surface area contributed by atoms with Crippen molar-refractivity contribution in [2.45, 2.75) is 65.3 Å². The molecule has 1 aliphatic rings. The number of piperidine rings is 1. The molecule has 8 heteroatoms. The van der Waals surface area contributed by atoms with E-state index in [0.717, 1.165) is 22.3 Å². The highest BCUT2D eigenvalue weighted by atomic mass is 32.2. The molecular formula is C22H32N4O3S. The lowest BCUT2D eigenvalue weighted by molar-refractivity contribution is -0.121. The van der Waals surface area contributed by atoms with Gasteiger partial charge in [0.15, 0.2) is 0 Å². The quantitative estimate of drug-likeness (QED) is 0.780. The van der Waals surface area contributed by atoms with Crippen LogP contribution in [0.5, 0.6) is 0 Å². The standard InChI is InChI=1S/C22H32N4O3S/c1-14(2)26-20(7-10-23-26)24-22(27)19-8-11-25(12-9-19)30(28,29)21-17(5)15(3)13-16(4)18(21)6/h7,10,13-14,19H,8-9,11-12H2,1-6H3,(H,24,27). The van der Waals surface area contributed by atoms with E-state index in [1.165, 1.54) is 4.31 Å². The van der Waals surface area contributed by atoms with E-state index >= 15 is 0 Å². The van der Waals surface area contributed by atoms with Gasteiger partial charge in [0.25, 0.3) is 0 Å². The van der Waals surface area contributed by atoms with Crippen LogP contribution in [0.4, 0.5) is 5.82 Å². The average Bonchev–Trinajstić information content (AvgIpc) is 3.15. The van der Waals surface area contributed by atoms with Crippen LogP contribution < -0.4 is 5.32 Å². The molecule has 30 heavy (non-hydrogen) atoms. The molecule has 0 bridgehead atoms. The Morgan fingerprint density at radius 3 is 2.20 bits per heavy atom. The molecule has 164 valence electrons. The van der Waals surface area contributed by atoms with Crippen LogP contribution in [-0.4, -0.2) is 41.5 Å². The third kappa shape index (κ3) is 4.16. The van der Waals surface area contributed by atoms with Gasteiger partial charge in [-0.3, -0.25) is 4.79 Å². The number of nitrogens with zero attached hydrogens (tertiary/aromatic N) is 3. The zero-order valence-electron chi connectivity index (χ0n) is 18.7. The van der Waals surface area contributed by atoms with Crippen LogP contribution in [0, 0.1) is 33.6 Å². The van der Waals surface area contributed by atoms with Gasteiger partial charge >= 0.3 is 0 Å². The van der Waals surface area contributed by atoms with Crippen molar-refractivity contribution in [1.29, 1.82) is 0 Å². The Kier molecular flexibility index (Phi) is 6.38. The summed E-state index contributed by atoms with van der Waals surface area (Å²) in [6.45, 7) is 12.3. The number of hydrogen-bond donors (Lipinski definition) is 1. The smallest absolute Gasteiger partial charge is 0.243 e. The second-order valence-electron chi connectivity index (χ2n) is 8.51. The third-order valence-corrected chi connectivity index (χ3v) is 8.30. The molecule has 0 spiro atoms. The largest absolute Gasteiger partial charge is 0.311 e. The predicted octanol–water partition coefficient (Wildman–Crippen LogP) is 3.74. The van der Waals surface area contributed by atoms with Crippen LogP contribution in [0.2, 0.25) is 0 Å². The minimum atomic E-state index is -3.60. The van der Waals surface area contributed by atoms with Gasteiger partial charge < -0.3 is 5.32 Å². The van der Waals surface area contributed by atoms with E-state index in [1.807, 2.05) is 47.6 Å². The Morgan fingerprint density at radius 1 is 1.10 bits per heavy atom. The summed E-state index contributed by atoms with van der Waals surface area (Å²) in [6.07, 6.45) is 2.67. The highest BCUT2D eigenvalue weighted by molar-refractivity contribution is 7.89. The van der Waals surface area contributed by atoms with Gasteiger partial charge in [0.05, 0.1) is 11.1 Å². The van der Waals surface area contributed by atoms with Crippen LogP contribution in [0.3, 0.4) is 0 Å². The summed E-state index contributed by atoms with van der Waals surface area (Å²) in [5.74, 6) is 0.383. The second kappa shape index (κ2) is 8.51. The summed E-state index contributed by atoms with van der Waals surface area (Å²) in [5, 5.41) is 7.19. The minimum absolute atomic E-state index is 0.0757. The molecule has 1 amide bonds. The molecule has 3 rings (SSSR count). The van der Waals surface area contributed by atoms with E-state index in [0.29, 0.717) is 36.6 Å². The highest BCUT2D eigenvalue weighted by Crippen LogP contribution is 2.31. The molecule has 0 saturated carbocycles. The topological polar surface area (TPSA) is 84.3 Å². The molecule has 1 aromatic heterocycles. The second-order valence-corrected chi connectivity index (χ2v) is 10.4. The number of nitrogens with one attached hydrogen (secondary N) is 1. The highest BCUT2D eigenvalue weighted by Gasteiger charge is 2.34. The van der Waals surface area contributed by atoms with Crippen LogP contribution >= 0.6 is 0 Å². The van der Waals surface area contributed by atoms with Crippen molar-refractivity contribution in [2.24, 2.45) is 5.92 Å².